The minimum Gasteiger partial charge on any atom is -0.490 e. The third kappa shape index (κ3) is 3.28. The van der Waals surface area contributed by atoms with Crippen molar-refractivity contribution in [1.29, 1.82) is 0 Å². The van der Waals surface area contributed by atoms with Crippen molar-refractivity contribution < 1.29 is 4.74 Å². The topological polar surface area (TPSA) is 9.23 Å². The lowest BCUT2D eigenvalue weighted by atomic mass is 9.86. The van der Waals surface area contributed by atoms with E-state index in [0.29, 0.717) is 6.10 Å². The minimum atomic E-state index is 0.150. The predicted molar refractivity (Wildman–Crippen MR) is 77.2 cm³/mol. The molecule has 0 bridgehead atoms. The first-order valence-corrected chi connectivity index (χ1v) is 7.23. The maximum absolute atomic E-state index is 6.28. The zero-order valence-corrected chi connectivity index (χ0v) is 12.2. The van der Waals surface area contributed by atoms with Crippen LogP contribution in [-0.2, 0) is 5.41 Å². The summed E-state index contributed by atoms with van der Waals surface area (Å²) < 4.78 is 6.28. The van der Waals surface area contributed by atoms with Crippen LogP contribution in [0.25, 0.3) is 0 Å². The molecule has 0 aliphatic heterocycles. The van der Waals surface area contributed by atoms with Gasteiger partial charge in [-0.15, -0.1) is 0 Å². The Morgan fingerprint density at radius 1 is 1.11 bits per heavy atom. The van der Waals surface area contributed by atoms with Gasteiger partial charge in [-0.25, -0.2) is 0 Å². The van der Waals surface area contributed by atoms with Gasteiger partial charge in [-0.05, 0) is 42.2 Å². The molecule has 2 atom stereocenters. The van der Waals surface area contributed by atoms with Crippen LogP contribution in [0.3, 0.4) is 0 Å². The zero-order chi connectivity index (χ0) is 13.2. The first kappa shape index (κ1) is 13.5. The Hall–Kier alpha value is -0.980. The molecule has 1 nitrogen and oxygen atoms in total. The molecule has 0 amide bonds. The van der Waals surface area contributed by atoms with Crippen molar-refractivity contribution in [2.24, 2.45) is 5.92 Å². The number of para-hydroxylation sites is 1. The van der Waals surface area contributed by atoms with Gasteiger partial charge in [0.15, 0.2) is 0 Å². The predicted octanol–water partition coefficient (Wildman–Crippen LogP) is 4.94. The molecule has 100 valence electrons. The second kappa shape index (κ2) is 5.34. The van der Waals surface area contributed by atoms with Crippen molar-refractivity contribution in [3.8, 4) is 5.75 Å². The van der Waals surface area contributed by atoms with E-state index in [2.05, 4.69) is 52.0 Å². The van der Waals surface area contributed by atoms with Crippen molar-refractivity contribution in [2.45, 2.75) is 64.9 Å². The monoisotopic (exact) mass is 246 g/mol. The Bertz CT molecular complexity index is 389. The lowest BCUT2D eigenvalue weighted by Crippen LogP contribution is -2.25. The molecule has 1 heteroatoms. The molecule has 0 spiro atoms. The molecular formula is C17H26O. The van der Waals surface area contributed by atoms with Gasteiger partial charge in [0.05, 0.1) is 6.10 Å². The molecule has 1 aromatic rings. The smallest absolute Gasteiger partial charge is 0.123 e. The van der Waals surface area contributed by atoms with Crippen LogP contribution in [0.5, 0.6) is 5.75 Å². The first-order valence-electron chi connectivity index (χ1n) is 7.23. The van der Waals surface area contributed by atoms with Gasteiger partial charge in [-0.2, -0.15) is 0 Å². The molecule has 0 radical (unpaired) electrons. The van der Waals surface area contributed by atoms with Gasteiger partial charge in [0.25, 0.3) is 0 Å². The summed E-state index contributed by atoms with van der Waals surface area (Å²) in [5.74, 6) is 1.90. The van der Waals surface area contributed by atoms with Gasteiger partial charge >= 0.3 is 0 Å². The first-order chi connectivity index (χ1) is 8.47. The second-order valence-electron chi connectivity index (χ2n) is 6.76. The molecule has 0 aromatic heterocycles. The number of rotatable bonds is 2. The average Bonchev–Trinajstić information content (AvgIpc) is 2.28. The van der Waals surface area contributed by atoms with Crippen LogP contribution in [0.2, 0.25) is 0 Å². The van der Waals surface area contributed by atoms with Gasteiger partial charge in [-0.1, -0.05) is 52.3 Å². The number of ether oxygens (including phenoxy) is 1. The quantitative estimate of drug-likeness (QED) is 0.718. The molecule has 2 unspecified atom stereocenters. The molecule has 1 aliphatic carbocycles. The fourth-order valence-corrected chi connectivity index (χ4v) is 2.85. The molecule has 1 fully saturated rings. The van der Waals surface area contributed by atoms with Crippen LogP contribution in [0.15, 0.2) is 24.3 Å². The largest absolute Gasteiger partial charge is 0.490 e. The molecule has 0 N–H and O–H groups in total. The fraction of sp³-hybridized carbons (Fsp3) is 0.647. The van der Waals surface area contributed by atoms with Crippen molar-refractivity contribution >= 4 is 0 Å². The highest BCUT2D eigenvalue weighted by Crippen LogP contribution is 2.34. The summed E-state index contributed by atoms with van der Waals surface area (Å²) in [4.78, 5) is 0. The van der Waals surface area contributed by atoms with E-state index in [9.17, 15) is 0 Å². The Kier molecular flexibility index (Phi) is 3.99. The van der Waals surface area contributed by atoms with Gasteiger partial charge in [-0.3, -0.25) is 0 Å². The lowest BCUT2D eigenvalue weighted by Gasteiger charge is -2.30. The Balaban J connectivity index is 2.13. The maximum Gasteiger partial charge on any atom is 0.123 e. The summed E-state index contributed by atoms with van der Waals surface area (Å²) in [5, 5.41) is 0. The normalized spacial score (nSPS) is 24.9. The van der Waals surface area contributed by atoms with Crippen LogP contribution < -0.4 is 4.74 Å². The van der Waals surface area contributed by atoms with Gasteiger partial charge in [0, 0.05) is 0 Å². The second-order valence-corrected chi connectivity index (χ2v) is 6.76. The molecular weight excluding hydrogens is 220 g/mol. The van der Waals surface area contributed by atoms with Crippen LogP contribution in [0, 0.1) is 5.92 Å². The number of benzene rings is 1. The van der Waals surface area contributed by atoms with Crippen LogP contribution in [0.4, 0.5) is 0 Å². The molecule has 2 rings (SSSR count). The SMILES string of the molecule is CC1CCCC(Oc2ccccc2C(C)(C)C)C1. The highest BCUT2D eigenvalue weighted by molar-refractivity contribution is 5.38. The Morgan fingerprint density at radius 2 is 1.83 bits per heavy atom. The van der Waals surface area contributed by atoms with Crippen LogP contribution >= 0.6 is 0 Å². The van der Waals surface area contributed by atoms with E-state index in [4.69, 9.17) is 4.74 Å². The van der Waals surface area contributed by atoms with Gasteiger partial charge in [0.2, 0.25) is 0 Å². The van der Waals surface area contributed by atoms with Crippen molar-refractivity contribution in [2.75, 3.05) is 0 Å². The summed E-state index contributed by atoms with van der Waals surface area (Å²) in [6.07, 6.45) is 5.50. The highest BCUT2D eigenvalue weighted by Gasteiger charge is 2.23. The fourth-order valence-electron chi connectivity index (χ4n) is 2.85. The molecule has 1 saturated carbocycles. The average molecular weight is 246 g/mol. The zero-order valence-electron chi connectivity index (χ0n) is 12.2. The van der Waals surface area contributed by atoms with Crippen molar-refractivity contribution in [1.82, 2.24) is 0 Å². The Labute approximate surface area is 112 Å². The van der Waals surface area contributed by atoms with Crippen LogP contribution in [-0.4, -0.2) is 6.10 Å². The van der Waals surface area contributed by atoms with E-state index in [1.54, 1.807) is 0 Å². The lowest BCUT2D eigenvalue weighted by molar-refractivity contribution is 0.127. The van der Waals surface area contributed by atoms with E-state index >= 15 is 0 Å². The highest BCUT2D eigenvalue weighted by atomic mass is 16.5. The minimum absolute atomic E-state index is 0.150. The maximum atomic E-state index is 6.28. The molecule has 18 heavy (non-hydrogen) atoms. The van der Waals surface area contributed by atoms with E-state index in [1.165, 1.54) is 31.2 Å². The van der Waals surface area contributed by atoms with Crippen LogP contribution in [0.1, 0.15) is 58.9 Å². The third-order valence-corrected chi connectivity index (χ3v) is 3.88. The van der Waals surface area contributed by atoms with E-state index in [0.717, 1.165) is 11.7 Å². The molecule has 0 saturated heterocycles. The van der Waals surface area contributed by atoms with Crippen molar-refractivity contribution in [3.05, 3.63) is 29.8 Å². The van der Waals surface area contributed by atoms with E-state index < -0.39 is 0 Å². The summed E-state index contributed by atoms with van der Waals surface area (Å²) in [5.41, 5.74) is 1.47. The molecule has 0 heterocycles. The number of hydrogen-bond acceptors (Lipinski definition) is 1. The third-order valence-electron chi connectivity index (χ3n) is 3.88. The summed E-state index contributed by atoms with van der Waals surface area (Å²) >= 11 is 0. The van der Waals surface area contributed by atoms with Gasteiger partial charge in [0.1, 0.15) is 5.75 Å². The summed E-state index contributed by atoms with van der Waals surface area (Å²) in [6.45, 7) is 9.08. The van der Waals surface area contributed by atoms with E-state index in [-0.39, 0.29) is 5.41 Å². The Morgan fingerprint density at radius 3 is 2.50 bits per heavy atom. The van der Waals surface area contributed by atoms with E-state index in [1.807, 2.05) is 0 Å². The summed E-state index contributed by atoms with van der Waals surface area (Å²) in [7, 11) is 0. The van der Waals surface area contributed by atoms with Crippen molar-refractivity contribution in [3.63, 3.8) is 0 Å². The molecule has 1 aliphatic rings. The van der Waals surface area contributed by atoms with Gasteiger partial charge < -0.3 is 4.74 Å². The standard InChI is InChI=1S/C17H26O/c1-13-8-7-9-14(12-13)18-16-11-6-5-10-15(16)17(2,3)4/h5-6,10-11,13-14H,7-9,12H2,1-4H3. The number of hydrogen-bond donors (Lipinski definition) is 0. The molecule has 1 aromatic carbocycles. The summed E-state index contributed by atoms with van der Waals surface area (Å²) in [6, 6.07) is 8.51.